The van der Waals surface area contributed by atoms with Crippen LogP contribution in [0.4, 0.5) is 0 Å². The van der Waals surface area contributed by atoms with Gasteiger partial charge in [0.15, 0.2) is 5.54 Å². The summed E-state index contributed by atoms with van der Waals surface area (Å²) in [4.78, 5) is 24.0. The maximum atomic E-state index is 12.0. The number of aliphatic hydroxyl groups excluding tert-OH is 2. The number of aliphatic hydroxyl groups is 2. The van der Waals surface area contributed by atoms with Crippen molar-refractivity contribution < 1.29 is 24.5 Å². The molecule has 4 atom stereocenters. The fourth-order valence-electron chi connectivity index (χ4n) is 2.67. The van der Waals surface area contributed by atoms with Crippen LogP contribution in [0.3, 0.4) is 0 Å². The first-order valence-corrected chi connectivity index (χ1v) is 6.59. The fourth-order valence-corrected chi connectivity index (χ4v) is 2.67. The highest BCUT2D eigenvalue weighted by molar-refractivity contribution is 5.95. The molecule has 0 bridgehead atoms. The second kappa shape index (κ2) is 5.88. The van der Waals surface area contributed by atoms with Crippen molar-refractivity contribution in [1.29, 1.82) is 0 Å². The summed E-state index contributed by atoms with van der Waals surface area (Å²) >= 11 is 0. The van der Waals surface area contributed by atoms with E-state index in [1.807, 2.05) is 6.92 Å². The number of rotatable bonds is 5. The standard InChI is InChI=1S/C13H23NO5/c1-5-6-8-10(16)13(12(18)19-4,14-11(8)17)9(15)7(2)3/h7-10,15-16H,5-6H2,1-4H3,(H,14,17)/t8-,9+,10+,13-/m1/s1. The number of nitrogens with one attached hydrogen (secondary N) is 1. The minimum atomic E-state index is -1.76. The van der Waals surface area contributed by atoms with Crippen molar-refractivity contribution in [2.75, 3.05) is 7.11 Å². The first-order valence-electron chi connectivity index (χ1n) is 6.59. The van der Waals surface area contributed by atoms with E-state index < -0.39 is 35.5 Å². The number of ether oxygens (including phenoxy) is 1. The minimum absolute atomic E-state index is 0.311. The molecule has 110 valence electrons. The lowest BCUT2D eigenvalue weighted by Gasteiger charge is -2.36. The van der Waals surface area contributed by atoms with E-state index in [9.17, 15) is 19.8 Å². The van der Waals surface area contributed by atoms with Crippen LogP contribution in [0, 0.1) is 11.8 Å². The lowest BCUT2D eigenvalue weighted by Crippen LogP contribution is -2.65. The summed E-state index contributed by atoms with van der Waals surface area (Å²) < 4.78 is 4.68. The Morgan fingerprint density at radius 3 is 2.53 bits per heavy atom. The molecule has 1 rings (SSSR count). The largest absolute Gasteiger partial charge is 0.467 e. The maximum Gasteiger partial charge on any atom is 0.337 e. The van der Waals surface area contributed by atoms with Gasteiger partial charge in [-0.3, -0.25) is 4.79 Å². The smallest absolute Gasteiger partial charge is 0.337 e. The Balaban J connectivity index is 3.20. The highest BCUT2D eigenvalue weighted by Gasteiger charge is 2.62. The van der Waals surface area contributed by atoms with Crippen LogP contribution in [0.1, 0.15) is 33.6 Å². The third-order valence-corrected chi connectivity index (χ3v) is 3.74. The number of hydrogen-bond acceptors (Lipinski definition) is 5. The van der Waals surface area contributed by atoms with E-state index in [1.165, 1.54) is 7.11 Å². The minimum Gasteiger partial charge on any atom is -0.467 e. The van der Waals surface area contributed by atoms with Crippen LogP contribution < -0.4 is 5.32 Å². The van der Waals surface area contributed by atoms with Gasteiger partial charge in [0.25, 0.3) is 0 Å². The number of amides is 1. The lowest BCUT2D eigenvalue weighted by atomic mass is 9.79. The van der Waals surface area contributed by atoms with Gasteiger partial charge in [0.05, 0.1) is 19.1 Å². The van der Waals surface area contributed by atoms with Crippen LogP contribution >= 0.6 is 0 Å². The molecule has 19 heavy (non-hydrogen) atoms. The Hall–Kier alpha value is -1.14. The average molecular weight is 273 g/mol. The van der Waals surface area contributed by atoms with Crippen molar-refractivity contribution >= 4 is 11.9 Å². The van der Waals surface area contributed by atoms with Crippen LogP contribution in [-0.2, 0) is 14.3 Å². The molecule has 0 aromatic carbocycles. The fraction of sp³-hybridized carbons (Fsp3) is 0.846. The predicted octanol–water partition coefficient (Wildman–Crippen LogP) is -0.178. The lowest BCUT2D eigenvalue weighted by molar-refractivity contribution is -0.162. The molecule has 6 nitrogen and oxygen atoms in total. The summed E-state index contributed by atoms with van der Waals surface area (Å²) in [5.74, 6) is -2.24. The first-order chi connectivity index (χ1) is 8.82. The molecule has 0 aliphatic carbocycles. The van der Waals surface area contributed by atoms with Crippen LogP contribution in [0.5, 0.6) is 0 Å². The molecular weight excluding hydrogens is 250 g/mol. The molecule has 6 heteroatoms. The van der Waals surface area contributed by atoms with E-state index in [2.05, 4.69) is 10.1 Å². The summed E-state index contributed by atoms with van der Waals surface area (Å²) in [6.45, 7) is 5.31. The first kappa shape index (κ1) is 15.9. The average Bonchev–Trinajstić information content (AvgIpc) is 2.62. The SMILES string of the molecule is CCC[C@H]1C(=O)N[C@](C(=O)OC)([C@@H](O)C(C)C)[C@H]1O. The van der Waals surface area contributed by atoms with Crippen LogP contribution in [0.25, 0.3) is 0 Å². The second-order valence-corrected chi connectivity index (χ2v) is 5.38. The molecule has 0 radical (unpaired) electrons. The van der Waals surface area contributed by atoms with Crippen LogP contribution in [0.2, 0.25) is 0 Å². The quantitative estimate of drug-likeness (QED) is 0.604. The summed E-state index contributed by atoms with van der Waals surface area (Å²) in [7, 11) is 1.17. The Labute approximate surface area is 113 Å². The molecule has 0 aromatic rings. The molecule has 1 fully saturated rings. The van der Waals surface area contributed by atoms with Gasteiger partial charge in [-0.2, -0.15) is 0 Å². The zero-order chi connectivity index (χ0) is 14.8. The van der Waals surface area contributed by atoms with Gasteiger partial charge in [-0.25, -0.2) is 4.79 Å². The Bertz CT molecular complexity index is 357. The predicted molar refractivity (Wildman–Crippen MR) is 68.1 cm³/mol. The van der Waals surface area contributed by atoms with Gasteiger partial charge in [-0.1, -0.05) is 27.2 Å². The Morgan fingerprint density at radius 2 is 2.11 bits per heavy atom. The van der Waals surface area contributed by atoms with Crippen molar-refractivity contribution in [1.82, 2.24) is 5.32 Å². The number of hydrogen-bond donors (Lipinski definition) is 3. The number of carbonyl (C=O) groups is 2. The number of methoxy groups -OCH3 is 1. The maximum absolute atomic E-state index is 12.0. The summed E-state index contributed by atoms with van der Waals surface area (Å²) in [5.41, 5.74) is -1.76. The highest BCUT2D eigenvalue weighted by atomic mass is 16.5. The van der Waals surface area contributed by atoms with E-state index in [0.717, 1.165) is 0 Å². The zero-order valence-corrected chi connectivity index (χ0v) is 11.8. The normalized spacial score (nSPS) is 32.3. The molecule has 0 spiro atoms. The van der Waals surface area contributed by atoms with E-state index >= 15 is 0 Å². The highest BCUT2D eigenvalue weighted by Crippen LogP contribution is 2.35. The molecule has 0 saturated carbocycles. The molecule has 1 amide bonds. The van der Waals surface area contributed by atoms with Crippen LogP contribution in [0.15, 0.2) is 0 Å². The molecular formula is C13H23NO5. The van der Waals surface area contributed by atoms with E-state index in [0.29, 0.717) is 12.8 Å². The monoisotopic (exact) mass is 273 g/mol. The van der Waals surface area contributed by atoms with Crippen LogP contribution in [-0.4, -0.2) is 46.9 Å². The zero-order valence-electron chi connectivity index (χ0n) is 11.8. The van der Waals surface area contributed by atoms with E-state index in [4.69, 9.17) is 0 Å². The summed E-state index contributed by atoms with van der Waals surface area (Å²) in [6.07, 6.45) is -1.34. The molecule has 1 saturated heterocycles. The van der Waals surface area contributed by atoms with E-state index in [1.54, 1.807) is 13.8 Å². The van der Waals surface area contributed by atoms with Gasteiger partial charge in [-0.15, -0.1) is 0 Å². The van der Waals surface area contributed by atoms with Gasteiger partial charge in [0, 0.05) is 0 Å². The molecule has 3 N–H and O–H groups in total. The number of esters is 1. The molecule has 0 unspecified atom stereocenters. The van der Waals surface area contributed by atoms with Gasteiger partial charge in [0.2, 0.25) is 5.91 Å². The van der Waals surface area contributed by atoms with Crippen molar-refractivity contribution in [3.63, 3.8) is 0 Å². The number of carbonyl (C=O) groups excluding carboxylic acids is 2. The van der Waals surface area contributed by atoms with Gasteiger partial charge in [-0.05, 0) is 12.3 Å². The topological polar surface area (TPSA) is 95.9 Å². The van der Waals surface area contributed by atoms with Crippen molar-refractivity contribution in [2.24, 2.45) is 11.8 Å². The molecule has 0 aromatic heterocycles. The third-order valence-electron chi connectivity index (χ3n) is 3.74. The van der Waals surface area contributed by atoms with E-state index in [-0.39, 0.29) is 5.92 Å². The molecule has 1 aliphatic heterocycles. The Morgan fingerprint density at radius 1 is 1.53 bits per heavy atom. The van der Waals surface area contributed by atoms with Crippen molar-refractivity contribution in [3.8, 4) is 0 Å². The molecule has 1 aliphatic rings. The van der Waals surface area contributed by atoms with Crippen molar-refractivity contribution in [3.05, 3.63) is 0 Å². The second-order valence-electron chi connectivity index (χ2n) is 5.38. The van der Waals surface area contributed by atoms with Gasteiger partial charge in [0.1, 0.15) is 6.10 Å². The molecule has 1 heterocycles. The Kier molecular flexibility index (Phi) is 4.92. The van der Waals surface area contributed by atoms with Gasteiger partial charge >= 0.3 is 5.97 Å². The summed E-state index contributed by atoms with van der Waals surface area (Å²) in [6, 6.07) is 0. The third kappa shape index (κ3) is 2.47. The van der Waals surface area contributed by atoms with Gasteiger partial charge < -0.3 is 20.3 Å². The van der Waals surface area contributed by atoms with Crippen molar-refractivity contribution in [2.45, 2.75) is 51.4 Å². The summed E-state index contributed by atoms with van der Waals surface area (Å²) in [5, 5.41) is 23.1.